The Kier molecular flexibility index (Phi) is 4.53. The second kappa shape index (κ2) is 7.63. The zero-order valence-corrected chi connectivity index (χ0v) is 16.2. The summed E-state index contributed by atoms with van der Waals surface area (Å²) < 4.78 is 1.87. The zero-order valence-electron chi connectivity index (χ0n) is 16.2. The Hall–Kier alpha value is -4.27. The number of fused-ring (bicyclic) bond motifs is 1. The van der Waals surface area contributed by atoms with Crippen molar-refractivity contribution in [2.75, 3.05) is 10.6 Å². The number of hydrogen-bond acceptors (Lipinski definition) is 7. The van der Waals surface area contributed by atoms with Crippen LogP contribution in [-0.4, -0.2) is 34.7 Å². The summed E-state index contributed by atoms with van der Waals surface area (Å²) in [5.41, 5.74) is 2.86. The first-order valence-electron chi connectivity index (χ1n) is 9.51. The summed E-state index contributed by atoms with van der Waals surface area (Å²) in [6.07, 6.45) is 1.74. The fourth-order valence-corrected chi connectivity index (χ4v) is 3.18. The summed E-state index contributed by atoms with van der Waals surface area (Å²) in [5.74, 6) is 2.82. The number of aryl methyl sites for hydroxylation is 1. The molecule has 3 heterocycles. The number of benzene rings is 2. The molecular formula is C21H19N9. The molecule has 3 N–H and O–H groups in total. The first-order chi connectivity index (χ1) is 14.8. The maximum atomic E-state index is 4.69. The topological polar surface area (TPSA) is 109 Å². The van der Waals surface area contributed by atoms with Gasteiger partial charge in [0.1, 0.15) is 5.82 Å². The highest BCUT2D eigenvalue weighted by atomic mass is 15.3. The van der Waals surface area contributed by atoms with Crippen LogP contribution in [-0.2, 0) is 6.54 Å². The van der Waals surface area contributed by atoms with Gasteiger partial charge >= 0.3 is 0 Å². The van der Waals surface area contributed by atoms with Crippen molar-refractivity contribution >= 4 is 28.7 Å². The van der Waals surface area contributed by atoms with Crippen molar-refractivity contribution in [3.63, 3.8) is 0 Å². The molecule has 0 atom stereocenters. The Morgan fingerprint density at radius 3 is 2.57 bits per heavy atom. The number of aromatic amines is 1. The number of nitrogens with zero attached hydrogens (tertiary/aromatic N) is 6. The second-order valence-electron chi connectivity index (χ2n) is 6.69. The van der Waals surface area contributed by atoms with E-state index in [0.717, 1.165) is 16.6 Å². The van der Waals surface area contributed by atoms with E-state index >= 15 is 0 Å². The lowest BCUT2D eigenvalue weighted by Gasteiger charge is -2.11. The number of H-pyrrole nitrogens is 1. The molecule has 0 amide bonds. The molecule has 9 nitrogen and oxygen atoms in total. The molecule has 0 aliphatic rings. The van der Waals surface area contributed by atoms with E-state index in [2.05, 4.69) is 47.9 Å². The maximum absolute atomic E-state index is 4.69. The third-order valence-electron chi connectivity index (χ3n) is 4.53. The molecule has 0 saturated heterocycles. The summed E-state index contributed by atoms with van der Waals surface area (Å²) in [4.78, 5) is 18.3. The minimum atomic E-state index is 0.477. The van der Waals surface area contributed by atoms with Crippen LogP contribution in [0.4, 0.5) is 17.7 Å². The van der Waals surface area contributed by atoms with Crippen molar-refractivity contribution in [2.24, 2.45) is 0 Å². The molecule has 5 aromatic rings. The largest absolute Gasteiger partial charge is 0.350 e. The van der Waals surface area contributed by atoms with Gasteiger partial charge in [0.2, 0.25) is 17.8 Å². The molecule has 3 aromatic heterocycles. The van der Waals surface area contributed by atoms with E-state index in [4.69, 9.17) is 4.98 Å². The quantitative estimate of drug-likeness (QED) is 0.402. The van der Waals surface area contributed by atoms with Crippen molar-refractivity contribution in [2.45, 2.75) is 13.5 Å². The van der Waals surface area contributed by atoms with Gasteiger partial charge in [0.15, 0.2) is 5.82 Å². The molecule has 2 aromatic carbocycles. The Morgan fingerprint density at radius 1 is 0.900 bits per heavy atom. The molecule has 0 radical (unpaired) electrons. The third kappa shape index (κ3) is 3.55. The number of imidazole rings is 1. The van der Waals surface area contributed by atoms with Gasteiger partial charge < -0.3 is 10.6 Å². The van der Waals surface area contributed by atoms with Gasteiger partial charge in [-0.3, -0.25) is 5.10 Å². The Morgan fingerprint density at radius 2 is 1.73 bits per heavy atom. The van der Waals surface area contributed by atoms with Crippen molar-refractivity contribution in [3.05, 3.63) is 78.2 Å². The molecule has 0 aliphatic carbocycles. The number of anilines is 3. The highest BCUT2D eigenvalue weighted by molar-refractivity contribution is 5.81. The smallest absolute Gasteiger partial charge is 0.242 e. The highest BCUT2D eigenvalue weighted by Gasteiger charge is 2.16. The Balaban J connectivity index is 1.55. The minimum Gasteiger partial charge on any atom is -0.350 e. The Labute approximate surface area is 172 Å². The van der Waals surface area contributed by atoms with Crippen LogP contribution in [0.15, 0.2) is 66.9 Å². The number of aromatic nitrogens is 7. The molecule has 30 heavy (non-hydrogen) atoms. The van der Waals surface area contributed by atoms with Crippen LogP contribution in [0.2, 0.25) is 0 Å². The van der Waals surface area contributed by atoms with Gasteiger partial charge in [0.25, 0.3) is 0 Å². The standard InChI is InChI=1S/C21H19N9/c1-14-24-19(22-13-15-7-3-2-4-8-15)28-20(25-14)30-17-10-6-5-9-16(17)26-21(30)27-18-11-12-23-29-18/h2-12H,13H2,1H3,(H,22,24,25,28)(H2,23,26,27,29). The molecule has 0 saturated carbocycles. The van der Waals surface area contributed by atoms with Gasteiger partial charge in [-0.15, -0.1) is 0 Å². The molecule has 9 heteroatoms. The van der Waals surface area contributed by atoms with Gasteiger partial charge in [0.05, 0.1) is 11.0 Å². The minimum absolute atomic E-state index is 0.477. The van der Waals surface area contributed by atoms with E-state index in [1.807, 2.05) is 60.0 Å². The molecule has 5 rings (SSSR count). The zero-order chi connectivity index (χ0) is 20.3. The van der Waals surface area contributed by atoms with Gasteiger partial charge in [0, 0.05) is 18.8 Å². The van der Waals surface area contributed by atoms with E-state index < -0.39 is 0 Å². The van der Waals surface area contributed by atoms with Crippen LogP contribution in [0.25, 0.3) is 17.0 Å². The van der Waals surface area contributed by atoms with Crippen LogP contribution in [0, 0.1) is 6.92 Å². The lowest BCUT2D eigenvalue weighted by atomic mass is 10.2. The Bertz CT molecular complexity index is 1280. The lowest BCUT2D eigenvalue weighted by Crippen LogP contribution is -2.11. The van der Waals surface area contributed by atoms with Gasteiger partial charge in [-0.1, -0.05) is 42.5 Å². The molecule has 148 valence electrons. The summed E-state index contributed by atoms with van der Waals surface area (Å²) >= 11 is 0. The van der Waals surface area contributed by atoms with Crippen molar-refractivity contribution in [1.29, 1.82) is 0 Å². The SMILES string of the molecule is Cc1nc(NCc2ccccc2)nc(-n2c(Nc3cc[nH]n3)nc3ccccc32)n1. The number of nitrogens with one attached hydrogen (secondary N) is 3. The van der Waals surface area contributed by atoms with Crippen LogP contribution in [0.3, 0.4) is 0 Å². The summed E-state index contributed by atoms with van der Waals surface area (Å²) in [7, 11) is 0. The predicted octanol–water partition coefficient (Wildman–Crippen LogP) is 3.60. The monoisotopic (exact) mass is 397 g/mol. The van der Waals surface area contributed by atoms with Gasteiger partial charge in [-0.25, -0.2) is 9.55 Å². The molecular weight excluding hydrogens is 378 g/mol. The van der Waals surface area contributed by atoms with Crippen molar-refractivity contribution in [3.8, 4) is 5.95 Å². The van der Waals surface area contributed by atoms with Crippen molar-refractivity contribution in [1.82, 2.24) is 34.7 Å². The van der Waals surface area contributed by atoms with Crippen LogP contribution < -0.4 is 10.6 Å². The molecule has 0 aliphatic heterocycles. The fraction of sp³-hybridized carbons (Fsp3) is 0.0952. The lowest BCUT2D eigenvalue weighted by molar-refractivity contribution is 0.878. The van der Waals surface area contributed by atoms with Crippen LogP contribution in [0.5, 0.6) is 0 Å². The van der Waals surface area contributed by atoms with Gasteiger partial charge in [-0.05, 0) is 24.6 Å². The van der Waals surface area contributed by atoms with Crippen LogP contribution >= 0.6 is 0 Å². The van der Waals surface area contributed by atoms with E-state index in [1.165, 1.54) is 0 Å². The molecule has 0 unspecified atom stereocenters. The van der Waals surface area contributed by atoms with E-state index in [-0.39, 0.29) is 0 Å². The number of hydrogen-bond donors (Lipinski definition) is 3. The number of rotatable bonds is 6. The van der Waals surface area contributed by atoms with Crippen LogP contribution in [0.1, 0.15) is 11.4 Å². The first kappa shape index (κ1) is 17.8. The average molecular weight is 397 g/mol. The highest BCUT2D eigenvalue weighted by Crippen LogP contribution is 2.25. The van der Waals surface area contributed by atoms with Gasteiger partial charge in [-0.2, -0.15) is 20.1 Å². The third-order valence-corrected chi connectivity index (χ3v) is 4.53. The molecule has 0 fully saturated rings. The summed E-state index contributed by atoms with van der Waals surface area (Å²) in [6.45, 7) is 2.46. The van der Waals surface area contributed by atoms with E-state index in [1.54, 1.807) is 6.20 Å². The first-order valence-corrected chi connectivity index (χ1v) is 9.51. The normalized spacial score (nSPS) is 11.0. The fourth-order valence-electron chi connectivity index (χ4n) is 3.18. The summed E-state index contributed by atoms with van der Waals surface area (Å²) in [6, 6.07) is 19.8. The average Bonchev–Trinajstić information content (AvgIpc) is 3.40. The predicted molar refractivity (Wildman–Crippen MR) is 115 cm³/mol. The molecule has 0 bridgehead atoms. The summed E-state index contributed by atoms with van der Waals surface area (Å²) in [5, 5.41) is 13.5. The van der Waals surface area contributed by atoms with Crippen molar-refractivity contribution < 1.29 is 0 Å². The second-order valence-corrected chi connectivity index (χ2v) is 6.69. The molecule has 0 spiro atoms. The van der Waals surface area contributed by atoms with E-state index in [9.17, 15) is 0 Å². The number of para-hydroxylation sites is 2. The van der Waals surface area contributed by atoms with E-state index in [0.29, 0.717) is 36.0 Å². The maximum Gasteiger partial charge on any atom is 0.242 e.